The number of hydrogen-bond donors (Lipinski definition) is 1. The summed E-state index contributed by atoms with van der Waals surface area (Å²) in [6.07, 6.45) is 0. The van der Waals surface area contributed by atoms with Crippen molar-refractivity contribution in [1.29, 1.82) is 5.41 Å². The van der Waals surface area contributed by atoms with Crippen LogP contribution < -0.4 is 4.67 Å². The van der Waals surface area contributed by atoms with Crippen LogP contribution in [-0.2, 0) is 5.75 Å². The summed E-state index contributed by atoms with van der Waals surface area (Å²) in [7, 11) is 0. The fourth-order valence-corrected chi connectivity index (χ4v) is 4.60. The van der Waals surface area contributed by atoms with Crippen LogP contribution in [0.15, 0.2) is 71.1 Å². The van der Waals surface area contributed by atoms with Crippen molar-refractivity contribution < 1.29 is 0 Å². The number of benzene rings is 3. The van der Waals surface area contributed by atoms with E-state index in [2.05, 4.69) is 42.5 Å². The summed E-state index contributed by atoms with van der Waals surface area (Å²) in [6.45, 7) is 0. The standard InChI is InChI=1S/C19H14N2S2/c20-18-16-10-3-4-11-17(16)21-19(23-18)22-12-14-8-5-7-13-6-1-2-9-15(13)14/h1-11,20H,12H2. The topological polar surface area (TPSA) is 36.7 Å². The summed E-state index contributed by atoms with van der Waals surface area (Å²) in [4.78, 5) is 4.69. The van der Waals surface area contributed by atoms with Gasteiger partial charge in [0, 0.05) is 11.1 Å². The van der Waals surface area contributed by atoms with Gasteiger partial charge in [0.25, 0.3) is 0 Å². The molecule has 0 bridgehead atoms. The Bertz CT molecular complexity index is 1050. The van der Waals surface area contributed by atoms with E-state index in [1.54, 1.807) is 11.8 Å². The SMILES string of the molecule is N=c1sc(SCc2cccc3ccccc23)nc2ccccc12. The van der Waals surface area contributed by atoms with Gasteiger partial charge in [0.1, 0.15) is 4.67 Å². The van der Waals surface area contributed by atoms with E-state index in [0.717, 1.165) is 21.0 Å². The van der Waals surface area contributed by atoms with Crippen LogP contribution >= 0.6 is 23.1 Å². The van der Waals surface area contributed by atoms with E-state index in [9.17, 15) is 0 Å². The van der Waals surface area contributed by atoms with E-state index in [1.807, 2.05) is 24.3 Å². The molecule has 1 aromatic heterocycles. The normalized spacial score (nSPS) is 11.1. The fourth-order valence-electron chi connectivity index (χ4n) is 2.65. The molecule has 0 fully saturated rings. The maximum absolute atomic E-state index is 8.18. The van der Waals surface area contributed by atoms with Gasteiger partial charge in [-0.25, -0.2) is 4.98 Å². The number of rotatable bonds is 3. The number of fused-ring (bicyclic) bond motifs is 2. The van der Waals surface area contributed by atoms with Crippen molar-refractivity contribution in [3.8, 4) is 0 Å². The molecule has 0 aliphatic carbocycles. The lowest BCUT2D eigenvalue weighted by Gasteiger charge is -2.06. The Labute approximate surface area is 142 Å². The second kappa shape index (κ2) is 6.14. The molecule has 3 aromatic carbocycles. The van der Waals surface area contributed by atoms with Crippen LogP contribution in [0, 0.1) is 5.41 Å². The average Bonchev–Trinajstić information content (AvgIpc) is 2.60. The van der Waals surface area contributed by atoms with E-state index in [1.165, 1.54) is 27.7 Å². The van der Waals surface area contributed by atoms with Crippen molar-refractivity contribution in [1.82, 2.24) is 4.98 Å². The second-order valence-corrected chi connectivity index (χ2v) is 7.47. The molecule has 2 nitrogen and oxygen atoms in total. The second-order valence-electron chi connectivity index (χ2n) is 5.25. The molecule has 0 amide bonds. The lowest BCUT2D eigenvalue weighted by atomic mass is 10.1. The minimum Gasteiger partial charge on any atom is -0.290 e. The molecule has 1 heterocycles. The highest BCUT2D eigenvalue weighted by Crippen LogP contribution is 2.28. The van der Waals surface area contributed by atoms with E-state index < -0.39 is 0 Å². The summed E-state index contributed by atoms with van der Waals surface area (Å²) >= 11 is 3.15. The number of thioether (sulfide) groups is 1. The number of para-hydroxylation sites is 1. The summed E-state index contributed by atoms with van der Waals surface area (Å²) in [5.41, 5.74) is 2.21. The summed E-state index contributed by atoms with van der Waals surface area (Å²) in [5.74, 6) is 0.864. The first-order valence-electron chi connectivity index (χ1n) is 7.35. The highest BCUT2D eigenvalue weighted by molar-refractivity contribution is 8.00. The molecule has 4 rings (SSSR count). The van der Waals surface area contributed by atoms with E-state index in [0.29, 0.717) is 4.67 Å². The highest BCUT2D eigenvalue weighted by Gasteiger charge is 2.05. The van der Waals surface area contributed by atoms with Crippen LogP contribution in [0.3, 0.4) is 0 Å². The number of nitrogens with zero attached hydrogens (tertiary/aromatic N) is 1. The molecule has 0 spiro atoms. The third kappa shape index (κ3) is 2.87. The number of nitrogens with one attached hydrogen (secondary N) is 1. The molecule has 0 unspecified atom stereocenters. The average molecular weight is 334 g/mol. The molecule has 23 heavy (non-hydrogen) atoms. The van der Waals surface area contributed by atoms with Crippen molar-refractivity contribution in [3.05, 3.63) is 77.0 Å². The largest absolute Gasteiger partial charge is 0.290 e. The van der Waals surface area contributed by atoms with Crippen LogP contribution in [0.5, 0.6) is 0 Å². The smallest absolute Gasteiger partial charge is 0.152 e. The molecule has 0 atom stereocenters. The summed E-state index contributed by atoms with van der Waals surface area (Å²) < 4.78 is 1.53. The predicted molar refractivity (Wildman–Crippen MR) is 99.0 cm³/mol. The van der Waals surface area contributed by atoms with Crippen molar-refractivity contribution in [3.63, 3.8) is 0 Å². The molecular weight excluding hydrogens is 320 g/mol. The van der Waals surface area contributed by atoms with Crippen LogP contribution in [0.25, 0.3) is 21.7 Å². The van der Waals surface area contributed by atoms with Crippen molar-refractivity contribution in [2.45, 2.75) is 10.1 Å². The Morgan fingerprint density at radius 3 is 2.52 bits per heavy atom. The molecule has 0 aliphatic heterocycles. The van der Waals surface area contributed by atoms with Gasteiger partial charge in [-0.15, -0.1) is 0 Å². The lowest BCUT2D eigenvalue weighted by Crippen LogP contribution is -1.98. The first-order chi connectivity index (χ1) is 11.3. The third-order valence-electron chi connectivity index (χ3n) is 3.78. The fraction of sp³-hybridized carbons (Fsp3) is 0.0526. The van der Waals surface area contributed by atoms with Gasteiger partial charge in [-0.2, -0.15) is 0 Å². The predicted octanol–water partition coefficient (Wildman–Crippen LogP) is 5.22. The quantitative estimate of drug-likeness (QED) is 0.521. The van der Waals surface area contributed by atoms with Crippen molar-refractivity contribution in [2.75, 3.05) is 0 Å². The molecular formula is C19H14N2S2. The monoisotopic (exact) mass is 334 g/mol. The van der Waals surface area contributed by atoms with Crippen LogP contribution in [-0.4, -0.2) is 4.98 Å². The Balaban J connectivity index is 1.67. The van der Waals surface area contributed by atoms with Gasteiger partial charge in [0.2, 0.25) is 0 Å². The zero-order valence-corrected chi connectivity index (χ0v) is 14.0. The Kier molecular flexibility index (Phi) is 3.85. The van der Waals surface area contributed by atoms with Crippen LogP contribution in [0.1, 0.15) is 5.56 Å². The van der Waals surface area contributed by atoms with Gasteiger partial charge in [-0.3, -0.25) is 5.41 Å². The van der Waals surface area contributed by atoms with Gasteiger partial charge in [0.05, 0.1) is 5.52 Å². The third-order valence-corrected chi connectivity index (χ3v) is 5.87. The van der Waals surface area contributed by atoms with E-state index in [4.69, 9.17) is 10.4 Å². The first-order valence-corrected chi connectivity index (χ1v) is 9.15. The Hall–Kier alpha value is -2.17. The summed E-state index contributed by atoms with van der Waals surface area (Å²) in [5, 5.41) is 11.7. The Morgan fingerprint density at radius 1 is 0.870 bits per heavy atom. The molecule has 1 N–H and O–H groups in total. The minimum atomic E-state index is 0.580. The van der Waals surface area contributed by atoms with Gasteiger partial charge in [-0.1, -0.05) is 77.7 Å². The number of hydrogen-bond acceptors (Lipinski definition) is 4. The molecule has 4 heteroatoms. The molecule has 0 saturated heterocycles. The molecule has 0 radical (unpaired) electrons. The molecule has 0 saturated carbocycles. The molecule has 4 aromatic rings. The molecule has 112 valence electrons. The van der Waals surface area contributed by atoms with Gasteiger partial charge < -0.3 is 0 Å². The summed E-state index contributed by atoms with van der Waals surface area (Å²) in [6, 6.07) is 22.7. The van der Waals surface area contributed by atoms with Gasteiger partial charge >= 0.3 is 0 Å². The Morgan fingerprint density at radius 2 is 1.61 bits per heavy atom. The van der Waals surface area contributed by atoms with Crippen LogP contribution in [0.4, 0.5) is 0 Å². The van der Waals surface area contributed by atoms with E-state index >= 15 is 0 Å². The molecule has 0 aliphatic rings. The number of aromatic nitrogens is 1. The maximum Gasteiger partial charge on any atom is 0.152 e. The zero-order chi connectivity index (χ0) is 15.6. The van der Waals surface area contributed by atoms with Crippen molar-refractivity contribution >= 4 is 44.8 Å². The highest BCUT2D eigenvalue weighted by atomic mass is 32.2. The zero-order valence-electron chi connectivity index (χ0n) is 12.3. The lowest BCUT2D eigenvalue weighted by molar-refractivity contribution is 1.25. The first kappa shape index (κ1) is 14.4. The van der Waals surface area contributed by atoms with Crippen molar-refractivity contribution in [2.24, 2.45) is 0 Å². The van der Waals surface area contributed by atoms with Crippen LogP contribution in [0.2, 0.25) is 0 Å². The van der Waals surface area contributed by atoms with Gasteiger partial charge in [-0.05, 0) is 28.5 Å². The minimum absolute atomic E-state index is 0.580. The maximum atomic E-state index is 8.18. The van der Waals surface area contributed by atoms with E-state index in [-0.39, 0.29) is 0 Å². The van der Waals surface area contributed by atoms with Gasteiger partial charge in [0.15, 0.2) is 4.34 Å².